The van der Waals surface area contributed by atoms with Gasteiger partial charge in [-0.05, 0) is 12.1 Å². The molecule has 0 atom stereocenters. The third kappa shape index (κ3) is 1.64. The van der Waals surface area contributed by atoms with Crippen molar-refractivity contribution in [3.05, 3.63) is 28.5 Å². The fraction of sp³-hybridized carbons (Fsp3) is 0. The first kappa shape index (κ1) is 10.2. The van der Waals surface area contributed by atoms with Crippen LogP contribution in [0.15, 0.2) is 26.2 Å². The largest absolute Gasteiger partial charge is 0.417 e. The van der Waals surface area contributed by atoms with Gasteiger partial charge in [0.2, 0.25) is 0 Å². The van der Waals surface area contributed by atoms with E-state index in [1.807, 2.05) is 4.98 Å². The monoisotopic (exact) mass is 251 g/mol. The molecule has 0 saturated carbocycles. The van der Waals surface area contributed by atoms with Crippen LogP contribution in [0.2, 0.25) is 0 Å². The molecule has 0 aliphatic heterocycles. The van der Waals surface area contributed by atoms with Gasteiger partial charge in [0.25, 0.3) is 9.05 Å². The first-order valence-electron chi connectivity index (χ1n) is 3.65. The van der Waals surface area contributed by atoms with Crippen LogP contribution in [-0.4, -0.2) is 13.4 Å². The molecule has 0 aliphatic rings. The number of nitrogens with one attached hydrogen (secondary N) is 1. The van der Waals surface area contributed by atoms with E-state index in [9.17, 15) is 17.6 Å². The van der Waals surface area contributed by atoms with Crippen molar-refractivity contribution < 1.29 is 17.2 Å². The van der Waals surface area contributed by atoms with Gasteiger partial charge in [-0.2, -0.15) is 0 Å². The van der Waals surface area contributed by atoms with Crippen LogP contribution in [0.5, 0.6) is 0 Å². The molecule has 0 amide bonds. The third-order valence-electron chi connectivity index (χ3n) is 1.74. The summed E-state index contributed by atoms with van der Waals surface area (Å²) in [6.45, 7) is 0. The summed E-state index contributed by atoms with van der Waals surface area (Å²) in [5, 5.41) is 0. The third-order valence-corrected chi connectivity index (χ3v) is 3.09. The molecule has 2 aromatic rings. The molecule has 15 heavy (non-hydrogen) atoms. The maximum Gasteiger partial charge on any atom is 0.417 e. The Morgan fingerprint density at radius 2 is 2.07 bits per heavy atom. The highest BCUT2D eigenvalue weighted by molar-refractivity contribution is 8.14. The van der Waals surface area contributed by atoms with Gasteiger partial charge >= 0.3 is 5.76 Å². The lowest BCUT2D eigenvalue weighted by Gasteiger charge is -1.98. The smallest absolute Gasteiger partial charge is 0.408 e. The maximum atomic E-state index is 13.2. The Kier molecular flexibility index (Phi) is 2.09. The second-order valence-corrected chi connectivity index (χ2v) is 5.20. The van der Waals surface area contributed by atoms with Crippen molar-refractivity contribution in [2.45, 2.75) is 4.90 Å². The molecule has 8 heteroatoms. The van der Waals surface area contributed by atoms with Gasteiger partial charge in [0, 0.05) is 10.7 Å². The first-order chi connectivity index (χ1) is 6.89. The molecule has 0 bridgehead atoms. The standard InChI is InChI=1S/C7H3ClFNO4S/c8-15(12,13)6-3(9)1-2-4-5(6)10-7(11)14-4/h1-2H,(H,10,11). The molecular formula is C7H3ClFNO4S. The van der Waals surface area contributed by atoms with Crippen molar-refractivity contribution in [2.24, 2.45) is 0 Å². The molecule has 1 N–H and O–H groups in total. The summed E-state index contributed by atoms with van der Waals surface area (Å²) in [5.41, 5.74) is -0.337. The lowest BCUT2D eigenvalue weighted by Crippen LogP contribution is -1.99. The highest BCUT2D eigenvalue weighted by Gasteiger charge is 2.22. The van der Waals surface area contributed by atoms with Gasteiger partial charge in [0.1, 0.15) is 16.2 Å². The van der Waals surface area contributed by atoms with E-state index >= 15 is 0 Å². The van der Waals surface area contributed by atoms with E-state index in [1.54, 1.807) is 0 Å². The zero-order valence-corrected chi connectivity index (χ0v) is 8.52. The highest BCUT2D eigenvalue weighted by Crippen LogP contribution is 2.26. The van der Waals surface area contributed by atoms with Gasteiger partial charge in [-0.1, -0.05) is 0 Å². The van der Waals surface area contributed by atoms with Crippen LogP contribution in [-0.2, 0) is 9.05 Å². The zero-order valence-electron chi connectivity index (χ0n) is 6.95. The van der Waals surface area contributed by atoms with Gasteiger partial charge in [-0.3, -0.25) is 4.98 Å². The lowest BCUT2D eigenvalue weighted by molar-refractivity contribution is 0.553. The minimum atomic E-state index is -4.28. The second kappa shape index (κ2) is 3.07. The minimum Gasteiger partial charge on any atom is -0.408 e. The molecule has 0 aliphatic carbocycles. The summed E-state index contributed by atoms with van der Waals surface area (Å²) in [4.78, 5) is 12.1. The van der Waals surface area contributed by atoms with Crippen molar-refractivity contribution >= 4 is 30.8 Å². The SMILES string of the molecule is O=c1[nH]c2c(S(=O)(=O)Cl)c(F)ccc2o1. The van der Waals surface area contributed by atoms with Gasteiger partial charge in [0.05, 0.1) is 0 Å². The van der Waals surface area contributed by atoms with Crippen molar-refractivity contribution in [1.29, 1.82) is 0 Å². The number of aromatic amines is 1. The number of hydrogen-bond acceptors (Lipinski definition) is 4. The Bertz CT molecular complexity index is 687. The zero-order chi connectivity index (χ0) is 11.2. The average Bonchev–Trinajstić information content (AvgIpc) is 2.41. The number of hydrogen-bond donors (Lipinski definition) is 1. The fourth-order valence-electron chi connectivity index (χ4n) is 1.21. The minimum absolute atomic E-state index is 0.0689. The summed E-state index contributed by atoms with van der Waals surface area (Å²) < 4.78 is 39.8. The van der Waals surface area contributed by atoms with Crippen molar-refractivity contribution in [2.75, 3.05) is 0 Å². The molecule has 0 radical (unpaired) electrons. The summed E-state index contributed by atoms with van der Waals surface area (Å²) in [5.74, 6) is -1.92. The Morgan fingerprint density at radius 1 is 1.40 bits per heavy atom. The Balaban J connectivity index is 3.04. The van der Waals surface area contributed by atoms with Gasteiger partial charge < -0.3 is 4.42 Å². The van der Waals surface area contributed by atoms with Crippen LogP contribution in [0.3, 0.4) is 0 Å². The predicted octanol–water partition coefficient (Wildman–Crippen LogP) is 1.19. The predicted molar refractivity (Wildman–Crippen MR) is 49.8 cm³/mol. The van der Waals surface area contributed by atoms with E-state index in [0.717, 1.165) is 12.1 Å². The highest BCUT2D eigenvalue weighted by atomic mass is 35.7. The van der Waals surface area contributed by atoms with Crippen molar-refractivity contribution in [3.8, 4) is 0 Å². The average molecular weight is 252 g/mol. The van der Waals surface area contributed by atoms with E-state index in [4.69, 9.17) is 10.7 Å². The van der Waals surface area contributed by atoms with Crippen LogP contribution in [0.4, 0.5) is 4.39 Å². The van der Waals surface area contributed by atoms with Crippen LogP contribution in [0.1, 0.15) is 0 Å². The van der Waals surface area contributed by atoms with Crippen LogP contribution < -0.4 is 5.76 Å². The normalized spacial score (nSPS) is 12.1. The fourth-order valence-corrected chi connectivity index (χ4v) is 2.36. The number of H-pyrrole nitrogens is 1. The van der Waals surface area contributed by atoms with Gasteiger partial charge in [-0.15, -0.1) is 0 Å². The number of aromatic nitrogens is 1. The van der Waals surface area contributed by atoms with Crippen molar-refractivity contribution in [3.63, 3.8) is 0 Å². The number of benzene rings is 1. The Hall–Kier alpha value is -1.34. The van der Waals surface area contributed by atoms with Crippen LogP contribution >= 0.6 is 10.7 Å². The molecule has 1 aromatic carbocycles. The van der Waals surface area contributed by atoms with E-state index < -0.39 is 25.5 Å². The molecular weight excluding hydrogens is 249 g/mol. The van der Waals surface area contributed by atoms with Crippen LogP contribution in [0, 0.1) is 5.82 Å². The second-order valence-electron chi connectivity index (χ2n) is 2.70. The molecule has 0 unspecified atom stereocenters. The van der Waals surface area contributed by atoms with E-state index in [0.29, 0.717) is 0 Å². The van der Waals surface area contributed by atoms with E-state index in [-0.39, 0.29) is 11.1 Å². The van der Waals surface area contributed by atoms with Gasteiger partial charge in [-0.25, -0.2) is 17.6 Å². The topological polar surface area (TPSA) is 80.1 Å². The molecule has 2 rings (SSSR count). The number of oxazole rings is 1. The summed E-state index contributed by atoms with van der Waals surface area (Å²) >= 11 is 0. The maximum absolute atomic E-state index is 13.2. The van der Waals surface area contributed by atoms with E-state index in [1.165, 1.54) is 0 Å². The molecule has 0 fully saturated rings. The molecule has 0 spiro atoms. The van der Waals surface area contributed by atoms with Gasteiger partial charge in [0.15, 0.2) is 5.58 Å². The molecule has 1 heterocycles. The molecule has 80 valence electrons. The molecule has 0 saturated heterocycles. The van der Waals surface area contributed by atoms with Crippen LogP contribution in [0.25, 0.3) is 11.1 Å². The van der Waals surface area contributed by atoms with Crippen molar-refractivity contribution in [1.82, 2.24) is 4.98 Å². The summed E-state index contributed by atoms with van der Waals surface area (Å²) in [7, 11) is 0.741. The molecule has 1 aromatic heterocycles. The number of halogens is 2. The van der Waals surface area contributed by atoms with E-state index in [2.05, 4.69) is 4.42 Å². The lowest BCUT2D eigenvalue weighted by atomic mass is 10.3. The quantitative estimate of drug-likeness (QED) is 0.772. The number of fused-ring (bicyclic) bond motifs is 1. The molecule has 5 nitrogen and oxygen atoms in total. The summed E-state index contributed by atoms with van der Waals surface area (Å²) in [6.07, 6.45) is 0. The first-order valence-corrected chi connectivity index (χ1v) is 5.96. The Morgan fingerprint density at radius 3 is 2.67 bits per heavy atom. The summed E-state index contributed by atoms with van der Waals surface area (Å²) in [6, 6.07) is 1.99. The Labute approximate surface area is 86.9 Å². The number of rotatable bonds is 1.